The number of carbonyl (C=O) groups is 1. The number of furan rings is 1. The van der Waals surface area contributed by atoms with Crippen molar-refractivity contribution in [3.05, 3.63) is 81.7 Å². The number of rotatable bonds is 6. The predicted octanol–water partition coefficient (Wildman–Crippen LogP) is 4.03. The van der Waals surface area contributed by atoms with Crippen molar-refractivity contribution in [1.82, 2.24) is 5.32 Å². The molecule has 0 radical (unpaired) electrons. The minimum absolute atomic E-state index is 0.000421. The van der Waals surface area contributed by atoms with Crippen LogP contribution in [0.2, 0.25) is 0 Å². The molecule has 33 heavy (non-hydrogen) atoms. The van der Waals surface area contributed by atoms with Crippen LogP contribution in [0.1, 0.15) is 16.9 Å². The molecule has 7 heteroatoms. The van der Waals surface area contributed by atoms with Crippen LogP contribution in [0.4, 0.5) is 0 Å². The molecule has 1 aliphatic rings. The second-order valence-electron chi connectivity index (χ2n) is 8.05. The first kappa shape index (κ1) is 20.9. The van der Waals surface area contributed by atoms with Crippen molar-refractivity contribution < 1.29 is 23.1 Å². The van der Waals surface area contributed by atoms with E-state index < -0.39 is 0 Å². The molecule has 0 fully saturated rings. The molecule has 2 aromatic carbocycles. The van der Waals surface area contributed by atoms with Crippen molar-refractivity contribution in [3.63, 3.8) is 0 Å². The molecule has 1 N–H and O–H groups in total. The first-order valence-corrected chi connectivity index (χ1v) is 10.7. The first-order chi connectivity index (χ1) is 16.0. The third-order valence-electron chi connectivity index (χ3n) is 5.71. The van der Waals surface area contributed by atoms with E-state index >= 15 is 0 Å². The van der Waals surface area contributed by atoms with Gasteiger partial charge in [-0.3, -0.25) is 9.59 Å². The van der Waals surface area contributed by atoms with Crippen molar-refractivity contribution in [2.24, 2.45) is 0 Å². The molecular formula is C26H23NO6. The van der Waals surface area contributed by atoms with Crippen LogP contribution in [0.3, 0.4) is 0 Å². The Labute approximate surface area is 189 Å². The summed E-state index contributed by atoms with van der Waals surface area (Å²) in [5.74, 6) is 2.22. The standard InChI is InChI=1S/C26H23NO6/c1-15-11-21(28)26-25(31-15)20(24(33-26)16-7-9-18(30-2)10-8-16)13-23(29)27-14-19-12-17-5-3-4-6-22(17)32-19/h3-11,19H,12-14H2,1-2H3,(H,27,29). The highest BCUT2D eigenvalue weighted by molar-refractivity contribution is 5.90. The molecule has 0 bridgehead atoms. The zero-order valence-corrected chi connectivity index (χ0v) is 18.3. The Morgan fingerprint density at radius 3 is 2.64 bits per heavy atom. The average Bonchev–Trinajstić information content (AvgIpc) is 3.39. The van der Waals surface area contributed by atoms with E-state index in [4.69, 9.17) is 18.3 Å². The fourth-order valence-corrected chi connectivity index (χ4v) is 4.12. The van der Waals surface area contributed by atoms with E-state index in [-0.39, 0.29) is 29.4 Å². The molecule has 1 atom stereocenters. The highest BCUT2D eigenvalue weighted by atomic mass is 16.5. The number of fused-ring (bicyclic) bond motifs is 2. The normalized spacial score (nSPS) is 14.7. The fraction of sp³-hybridized carbons (Fsp3) is 0.231. The van der Waals surface area contributed by atoms with Crippen molar-refractivity contribution in [3.8, 4) is 22.8 Å². The second kappa shape index (κ2) is 8.50. The van der Waals surface area contributed by atoms with Gasteiger partial charge in [0.05, 0.1) is 25.6 Å². The Bertz CT molecular complexity index is 1360. The number of benzene rings is 2. The SMILES string of the molecule is COc1ccc(-c2oc3c(=O)cc(C)oc3c2CC(=O)NCC2Cc3ccccc3O2)cc1. The van der Waals surface area contributed by atoms with Crippen molar-refractivity contribution >= 4 is 17.1 Å². The highest BCUT2D eigenvalue weighted by Crippen LogP contribution is 2.34. The molecule has 0 aliphatic carbocycles. The van der Waals surface area contributed by atoms with E-state index in [1.165, 1.54) is 6.07 Å². The van der Waals surface area contributed by atoms with Crippen molar-refractivity contribution in [2.75, 3.05) is 13.7 Å². The number of hydrogen-bond donors (Lipinski definition) is 1. The molecule has 1 aliphatic heterocycles. The van der Waals surface area contributed by atoms with E-state index in [2.05, 4.69) is 5.32 Å². The summed E-state index contributed by atoms with van der Waals surface area (Å²) in [6.07, 6.45) is 0.630. The van der Waals surface area contributed by atoms with Gasteiger partial charge < -0.3 is 23.6 Å². The van der Waals surface area contributed by atoms with Gasteiger partial charge in [-0.25, -0.2) is 0 Å². The molecular weight excluding hydrogens is 422 g/mol. The number of carbonyl (C=O) groups excluding carboxylic acids is 1. The lowest BCUT2D eigenvalue weighted by molar-refractivity contribution is -0.120. The number of methoxy groups -OCH3 is 1. The molecule has 3 heterocycles. The number of amides is 1. The van der Waals surface area contributed by atoms with Crippen LogP contribution in [-0.2, 0) is 17.6 Å². The van der Waals surface area contributed by atoms with Crippen molar-refractivity contribution in [2.45, 2.75) is 25.9 Å². The average molecular weight is 445 g/mol. The summed E-state index contributed by atoms with van der Waals surface area (Å²) in [5, 5.41) is 2.94. The fourth-order valence-electron chi connectivity index (χ4n) is 4.12. The van der Waals surface area contributed by atoms with Gasteiger partial charge in [-0.15, -0.1) is 0 Å². The Morgan fingerprint density at radius 2 is 1.88 bits per heavy atom. The van der Waals surface area contributed by atoms with Gasteiger partial charge in [0.2, 0.25) is 16.9 Å². The monoisotopic (exact) mass is 445 g/mol. The predicted molar refractivity (Wildman–Crippen MR) is 123 cm³/mol. The van der Waals surface area contributed by atoms with Crippen LogP contribution >= 0.6 is 0 Å². The summed E-state index contributed by atoms with van der Waals surface area (Å²) in [6, 6.07) is 16.5. The third kappa shape index (κ3) is 4.09. The lowest BCUT2D eigenvalue weighted by Gasteiger charge is -2.12. The van der Waals surface area contributed by atoms with Crippen LogP contribution in [0, 0.1) is 6.92 Å². The molecule has 4 aromatic rings. The molecule has 2 aromatic heterocycles. The van der Waals surface area contributed by atoms with Gasteiger partial charge in [0.1, 0.15) is 29.1 Å². The van der Waals surface area contributed by atoms with E-state index in [1.807, 2.05) is 36.4 Å². The molecule has 168 valence electrons. The second-order valence-corrected chi connectivity index (χ2v) is 8.05. The maximum atomic E-state index is 12.9. The zero-order valence-electron chi connectivity index (χ0n) is 18.3. The Hall–Kier alpha value is -4.00. The Kier molecular flexibility index (Phi) is 5.38. The van der Waals surface area contributed by atoms with Crippen LogP contribution in [0.5, 0.6) is 11.5 Å². The van der Waals surface area contributed by atoms with Gasteiger partial charge in [0, 0.05) is 18.1 Å². The maximum absolute atomic E-state index is 12.9. The summed E-state index contributed by atoms with van der Waals surface area (Å²) < 4.78 is 22.9. The van der Waals surface area contributed by atoms with E-state index in [0.29, 0.717) is 35.0 Å². The Balaban J connectivity index is 1.40. The zero-order chi connectivity index (χ0) is 22.9. The van der Waals surface area contributed by atoms with Gasteiger partial charge in [-0.2, -0.15) is 0 Å². The van der Waals surface area contributed by atoms with Gasteiger partial charge in [0.25, 0.3) is 0 Å². The van der Waals surface area contributed by atoms with E-state index in [9.17, 15) is 9.59 Å². The summed E-state index contributed by atoms with van der Waals surface area (Å²) in [6.45, 7) is 2.07. The number of para-hydroxylation sites is 1. The summed E-state index contributed by atoms with van der Waals surface area (Å²) in [7, 11) is 1.59. The van der Waals surface area contributed by atoms with Crippen molar-refractivity contribution in [1.29, 1.82) is 0 Å². The van der Waals surface area contributed by atoms with Gasteiger partial charge in [-0.05, 0) is 42.8 Å². The molecule has 1 unspecified atom stereocenters. The molecule has 0 saturated carbocycles. The first-order valence-electron chi connectivity index (χ1n) is 10.7. The molecule has 0 spiro atoms. The molecule has 0 saturated heterocycles. The number of aryl methyl sites for hydroxylation is 1. The molecule has 1 amide bonds. The lowest BCUT2D eigenvalue weighted by atomic mass is 10.0. The number of nitrogens with one attached hydrogen (secondary N) is 1. The lowest BCUT2D eigenvalue weighted by Crippen LogP contribution is -2.35. The van der Waals surface area contributed by atoms with Crippen LogP contribution < -0.4 is 20.2 Å². The van der Waals surface area contributed by atoms with E-state index in [0.717, 1.165) is 23.3 Å². The largest absolute Gasteiger partial charge is 0.497 e. The van der Waals surface area contributed by atoms with Crippen LogP contribution in [0.25, 0.3) is 22.5 Å². The smallest absolute Gasteiger partial charge is 0.228 e. The number of ether oxygens (including phenoxy) is 2. The van der Waals surface area contributed by atoms with Crippen LogP contribution in [0.15, 0.2) is 68.2 Å². The quantitative estimate of drug-likeness (QED) is 0.482. The molecule has 7 nitrogen and oxygen atoms in total. The summed E-state index contributed by atoms with van der Waals surface area (Å²) >= 11 is 0. The highest BCUT2D eigenvalue weighted by Gasteiger charge is 2.25. The minimum Gasteiger partial charge on any atom is -0.497 e. The molecule has 5 rings (SSSR count). The Morgan fingerprint density at radius 1 is 1.09 bits per heavy atom. The minimum atomic E-state index is -0.285. The van der Waals surface area contributed by atoms with Crippen LogP contribution in [-0.4, -0.2) is 25.7 Å². The van der Waals surface area contributed by atoms with Gasteiger partial charge >= 0.3 is 0 Å². The summed E-state index contributed by atoms with van der Waals surface area (Å²) in [5.41, 5.74) is 2.50. The summed E-state index contributed by atoms with van der Waals surface area (Å²) in [4.78, 5) is 25.4. The third-order valence-corrected chi connectivity index (χ3v) is 5.71. The van der Waals surface area contributed by atoms with Gasteiger partial charge in [0.15, 0.2) is 5.58 Å². The topological polar surface area (TPSA) is 90.9 Å². The maximum Gasteiger partial charge on any atom is 0.228 e. The van der Waals surface area contributed by atoms with E-state index in [1.54, 1.807) is 26.2 Å². The van der Waals surface area contributed by atoms with Gasteiger partial charge in [-0.1, -0.05) is 18.2 Å². The number of hydrogen-bond acceptors (Lipinski definition) is 6.